The number of carbonyl (C=O) groups is 2. The molecular formula is C11H13NO2. The van der Waals surface area contributed by atoms with E-state index in [-0.39, 0.29) is 5.91 Å². The summed E-state index contributed by atoms with van der Waals surface area (Å²) >= 11 is 0. The minimum Gasteiger partial charge on any atom is -0.345 e. The maximum Gasteiger partial charge on any atom is 0.254 e. The molecule has 1 amide bonds. The van der Waals surface area contributed by atoms with Crippen LogP contribution in [0.25, 0.3) is 0 Å². The zero-order valence-corrected chi connectivity index (χ0v) is 8.57. The Kier molecular flexibility index (Phi) is 3.02. The number of nitrogens with zero attached hydrogens (tertiary/aromatic N) is 1. The number of benzene rings is 1. The van der Waals surface area contributed by atoms with Crippen LogP contribution in [-0.4, -0.2) is 31.2 Å². The van der Waals surface area contributed by atoms with Crippen molar-refractivity contribution in [3.05, 3.63) is 34.9 Å². The van der Waals surface area contributed by atoms with Gasteiger partial charge in [0.2, 0.25) is 0 Å². The third-order valence-corrected chi connectivity index (χ3v) is 1.97. The van der Waals surface area contributed by atoms with E-state index in [0.717, 1.165) is 5.56 Å². The number of carbonyl (C=O) groups excluding carboxylic acids is 2. The molecule has 0 unspecified atom stereocenters. The van der Waals surface area contributed by atoms with Crippen molar-refractivity contribution in [3.63, 3.8) is 0 Å². The van der Waals surface area contributed by atoms with Gasteiger partial charge in [0.25, 0.3) is 5.91 Å². The molecule has 0 saturated heterocycles. The number of amides is 1. The minimum atomic E-state index is -0.146. The van der Waals surface area contributed by atoms with Crippen molar-refractivity contribution in [2.24, 2.45) is 0 Å². The molecule has 0 N–H and O–H groups in total. The van der Waals surface area contributed by atoms with Gasteiger partial charge in [-0.25, -0.2) is 0 Å². The molecule has 0 saturated carbocycles. The van der Waals surface area contributed by atoms with Crippen molar-refractivity contribution < 1.29 is 9.59 Å². The Balaban J connectivity index is 3.20. The van der Waals surface area contributed by atoms with Gasteiger partial charge in [-0.15, -0.1) is 0 Å². The molecule has 1 aromatic rings. The van der Waals surface area contributed by atoms with E-state index in [1.807, 2.05) is 13.0 Å². The van der Waals surface area contributed by atoms with Crippen molar-refractivity contribution in [3.8, 4) is 0 Å². The van der Waals surface area contributed by atoms with Crippen LogP contribution in [0.15, 0.2) is 18.2 Å². The van der Waals surface area contributed by atoms with E-state index >= 15 is 0 Å². The van der Waals surface area contributed by atoms with Crippen LogP contribution >= 0.6 is 0 Å². The van der Waals surface area contributed by atoms with Crippen LogP contribution in [0.2, 0.25) is 0 Å². The molecule has 1 rings (SSSR count). The van der Waals surface area contributed by atoms with E-state index in [2.05, 4.69) is 0 Å². The van der Waals surface area contributed by atoms with Gasteiger partial charge in [-0.3, -0.25) is 9.59 Å². The highest BCUT2D eigenvalue weighted by Gasteiger charge is 2.12. The van der Waals surface area contributed by atoms with E-state index in [1.54, 1.807) is 26.2 Å². The molecule has 0 aromatic heterocycles. The average Bonchev–Trinajstić information content (AvgIpc) is 2.16. The molecule has 0 aliphatic rings. The summed E-state index contributed by atoms with van der Waals surface area (Å²) in [5, 5.41) is 0. The largest absolute Gasteiger partial charge is 0.345 e. The van der Waals surface area contributed by atoms with Gasteiger partial charge in [-0.1, -0.05) is 11.6 Å². The third kappa shape index (κ3) is 1.99. The maximum atomic E-state index is 11.6. The van der Waals surface area contributed by atoms with Crippen LogP contribution in [0.4, 0.5) is 0 Å². The van der Waals surface area contributed by atoms with Gasteiger partial charge in [0.15, 0.2) is 6.29 Å². The lowest BCUT2D eigenvalue weighted by Gasteiger charge is -2.11. The Hall–Kier alpha value is -1.64. The predicted octanol–water partition coefficient (Wildman–Crippen LogP) is 1.51. The highest BCUT2D eigenvalue weighted by Crippen LogP contribution is 2.11. The Morgan fingerprint density at radius 1 is 1.36 bits per heavy atom. The normalized spacial score (nSPS) is 9.64. The Bertz CT molecular complexity index is 370. The van der Waals surface area contributed by atoms with Gasteiger partial charge in [0.1, 0.15) is 0 Å². The molecule has 0 fully saturated rings. The van der Waals surface area contributed by atoms with Gasteiger partial charge in [-0.2, -0.15) is 0 Å². The predicted molar refractivity (Wildman–Crippen MR) is 54.6 cm³/mol. The van der Waals surface area contributed by atoms with E-state index < -0.39 is 0 Å². The first-order valence-corrected chi connectivity index (χ1v) is 4.33. The number of hydrogen-bond acceptors (Lipinski definition) is 2. The summed E-state index contributed by atoms with van der Waals surface area (Å²) in [5.74, 6) is -0.146. The molecule has 74 valence electrons. The quantitative estimate of drug-likeness (QED) is 0.664. The first-order valence-electron chi connectivity index (χ1n) is 4.33. The summed E-state index contributed by atoms with van der Waals surface area (Å²) in [5.41, 5.74) is 1.88. The summed E-state index contributed by atoms with van der Waals surface area (Å²) in [6, 6.07) is 5.22. The molecule has 0 radical (unpaired) electrons. The fraction of sp³-hybridized carbons (Fsp3) is 0.273. The van der Waals surface area contributed by atoms with Gasteiger partial charge in [-0.05, 0) is 19.1 Å². The van der Waals surface area contributed by atoms with E-state index in [0.29, 0.717) is 17.4 Å². The molecule has 0 atom stereocenters. The third-order valence-electron chi connectivity index (χ3n) is 1.97. The van der Waals surface area contributed by atoms with E-state index in [1.165, 1.54) is 4.90 Å². The van der Waals surface area contributed by atoms with Gasteiger partial charge < -0.3 is 4.90 Å². The zero-order chi connectivity index (χ0) is 10.7. The highest BCUT2D eigenvalue weighted by atomic mass is 16.2. The van der Waals surface area contributed by atoms with Crippen molar-refractivity contribution in [2.75, 3.05) is 14.1 Å². The fourth-order valence-corrected chi connectivity index (χ4v) is 1.22. The van der Waals surface area contributed by atoms with Gasteiger partial charge in [0.05, 0.1) is 5.56 Å². The number of hydrogen-bond donors (Lipinski definition) is 0. The summed E-state index contributed by atoms with van der Waals surface area (Å²) < 4.78 is 0. The smallest absolute Gasteiger partial charge is 0.254 e. The Labute approximate surface area is 83.3 Å². The summed E-state index contributed by atoms with van der Waals surface area (Å²) in [6.07, 6.45) is 0.712. The van der Waals surface area contributed by atoms with Gasteiger partial charge >= 0.3 is 0 Å². The second-order valence-corrected chi connectivity index (χ2v) is 3.41. The molecule has 0 aliphatic heterocycles. The lowest BCUT2D eigenvalue weighted by molar-refractivity contribution is 0.0824. The molecule has 3 heteroatoms. The Morgan fingerprint density at radius 3 is 2.50 bits per heavy atom. The summed E-state index contributed by atoms with van der Waals surface area (Å²) in [7, 11) is 3.33. The Morgan fingerprint density at radius 2 is 2.00 bits per heavy atom. The van der Waals surface area contributed by atoms with Crippen molar-refractivity contribution in [2.45, 2.75) is 6.92 Å². The van der Waals surface area contributed by atoms with E-state index in [4.69, 9.17) is 0 Å². The number of aryl methyl sites for hydroxylation is 1. The fourth-order valence-electron chi connectivity index (χ4n) is 1.22. The van der Waals surface area contributed by atoms with Gasteiger partial charge in [0, 0.05) is 19.7 Å². The highest BCUT2D eigenvalue weighted by molar-refractivity contribution is 6.01. The molecule has 0 spiro atoms. The minimum absolute atomic E-state index is 0.146. The maximum absolute atomic E-state index is 11.6. The van der Waals surface area contributed by atoms with Crippen LogP contribution in [-0.2, 0) is 0 Å². The molecule has 0 bridgehead atoms. The summed E-state index contributed by atoms with van der Waals surface area (Å²) in [6.45, 7) is 1.89. The monoisotopic (exact) mass is 191 g/mol. The van der Waals surface area contributed by atoms with Crippen molar-refractivity contribution in [1.29, 1.82) is 0 Å². The average molecular weight is 191 g/mol. The second kappa shape index (κ2) is 4.05. The van der Waals surface area contributed by atoms with Crippen LogP contribution in [0.5, 0.6) is 0 Å². The molecule has 3 nitrogen and oxygen atoms in total. The first kappa shape index (κ1) is 10.4. The molecule has 0 aliphatic carbocycles. The van der Waals surface area contributed by atoms with Crippen molar-refractivity contribution >= 4 is 12.2 Å². The lowest BCUT2D eigenvalue weighted by Crippen LogP contribution is -2.22. The van der Waals surface area contributed by atoms with Crippen LogP contribution in [0, 0.1) is 6.92 Å². The SMILES string of the molecule is Cc1ccc(C(=O)N(C)C)c(C=O)c1. The molecular weight excluding hydrogens is 178 g/mol. The topological polar surface area (TPSA) is 37.4 Å². The zero-order valence-electron chi connectivity index (χ0n) is 8.57. The summed E-state index contributed by atoms with van der Waals surface area (Å²) in [4.78, 5) is 23.8. The van der Waals surface area contributed by atoms with Crippen LogP contribution < -0.4 is 0 Å². The number of aldehydes is 1. The molecule has 0 heterocycles. The van der Waals surface area contributed by atoms with Crippen molar-refractivity contribution in [1.82, 2.24) is 4.90 Å². The second-order valence-electron chi connectivity index (χ2n) is 3.41. The molecule has 1 aromatic carbocycles. The molecule has 14 heavy (non-hydrogen) atoms. The van der Waals surface area contributed by atoms with E-state index in [9.17, 15) is 9.59 Å². The number of rotatable bonds is 2. The standard InChI is InChI=1S/C11H13NO2/c1-8-4-5-10(9(6-8)7-13)11(14)12(2)3/h4-7H,1-3H3. The first-order chi connectivity index (χ1) is 6.56. The van der Waals surface area contributed by atoms with Crippen LogP contribution in [0.3, 0.4) is 0 Å². The van der Waals surface area contributed by atoms with Crippen LogP contribution in [0.1, 0.15) is 26.3 Å². The lowest BCUT2D eigenvalue weighted by atomic mass is 10.0.